The number of para-hydroxylation sites is 1. The van der Waals surface area contributed by atoms with Crippen LogP contribution >= 0.6 is 28.1 Å². The maximum absolute atomic E-state index is 12.3. The smallest absolute Gasteiger partial charge is 0.293 e. The number of carbonyl (C=O) groups excluding carboxylic acids is 1. The van der Waals surface area contributed by atoms with Gasteiger partial charge in [-0.2, -0.15) is 0 Å². The molecule has 2 heterocycles. The number of rotatable bonds is 4. The molecule has 1 aromatic carbocycles. The average molecular weight is 447 g/mol. The summed E-state index contributed by atoms with van der Waals surface area (Å²) in [7, 11) is 0. The van der Waals surface area contributed by atoms with Gasteiger partial charge >= 0.3 is 0 Å². The lowest BCUT2D eigenvalue weighted by Crippen LogP contribution is -2.34. The quantitative estimate of drug-likeness (QED) is 0.351. The molecule has 0 aliphatic carbocycles. The summed E-state index contributed by atoms with van der Waals surface area (Å²) in [6.45, 7) is 0. The lowest BCUT2D eigenvalue weighted by Gasteiger charge is -2.07. The standard InChI is InChI=1S/C17H11BrN4O4S/c18-10-5-8-15(19-9-10)20-17(27)21-16(23)14-7-6-13(26-14)11-3-1-2-4-12(11)22(24)25/h1-9H,(H2,19,20,21,23,27). The van der Waals surface area contributed by atoms with Crippen molar-refractivity contribution in [3.8, 4) is 11.3 Å². The summed E-state index contributed by atoms with van der Waals surface area (Å²) in [5, 5.41) is 16.4. The molecule has 3 rings (SSSR count). The molecule has 3 aromatic rings. The number of nitro benzene ring substituents is 1. The van der Waals surface area contributed by atoms with Gasteiger partial charge < -0.3 is 9.73 Å². The molecule has 0 aliphatic heterocycles. The highest BCUT2D eigenvalue weighted by Crippen LogP contribution is 2.30. The van der Waals surface area contributed by atoms with Crippen LogP contribution in [0.4, 0.5) is 11.5 Å². The molecule has 8 nitrogen and oxygen atoms in total. The fourth-order valence-electron chi connectivity index (χ4n) is 2.21. The van der Waals surface area contributed by atoms with Crippen LogP contribution in [0, 0.1) is 10.1 Å². The normalized spacial score (nSPS) is 10.3. The largest absolute Gasteiger partial charge is 0.451 e. The molecule has 0 bridgehead atoms. The third-order valence-electron chi connectivity index (χ3n) is 3.39. The van der Waals surface area contributed by atoms with E-state index in [2.05, 4.69) is 31.5 Å². The lowest BCUT2D eigenvalue weighted by atomic mass is 10.1. The number of hydrogen-bond acceptors (Lipinski definition) is 6. The van der Waals surface area contributed by atoms with Crippen molar-refractivity contribution in [3.05, 3.63) is 75.1 Å². The van der Waals surface area contributed by atoms with Gasteiger partial charge in [0.25, 0.3) is 11.6 Å². The molecule has 0 spiro atoms. The molecule has 2 N–H and O–H groups in total. The first kappa shape index (κ1) is 18.7. The van der Waals surface area contributed by atoms with Gasteiger partial charge in [-0.05, 0) is 58.5 Å². The number of benzene rings is 1. The zero-order valence-corrected chi connectivity index (χ0v) is 15.9. The van der Waals surface area contributed by atoms with E-state index >= 15 is 0 Å². The van der Waals surface area contributed by atoms with Crippen LogP contribution in [-0.4, -0.2) is 20.9 Å². The molecule has 10 heteroatoms. The van der Waals surface area contributed by atoms with Gasteiger partial charge in [-0.25, -0.2) is 4.98 Å². The lowest BCUT2D eigenvalue weighted by molar-refractivity contribution is -0.384. The zero-order chi connectivity index (χ0) is 19.4. The van der Waals surface area contributed by atoms with Crippen molar-refractivity contribution in [1.82, 2.24) is 10.3 Å². The molecule has 136 valence electrons. The monoisotopic (exact) mass is 446 g/mol. The highest BCUT2D eigenvalue weighted by atomic mass is 79.9. The highest BCUT2D eigenvalue weighted by molar-refractivity contribution is 9.10. The minimum atomic E-state index is -0.588. The van der Waals surface area contributed by atoms with Crippen molar-refractivity contribution in [2.45, 2.75) is 0 Å². The van der Waals surface area contributed by atoms with Crippen molar-refractivity contribution in [3.63, 3.8) is 0 Å². The summed E-state index contributed by atoms with van der Waals surface area (Å²) in [6.07, 6.45) is 1.58. The highest BCUT2D eigenvalue weighted by Gasteiger charge is 2.19. The van der Waals surface area contributed by atoms with E-state index in [-0.39, 0.29) is 27.9 Å². The number of anilines is 1. The van der Waals surface area contributed by atoms with E-state index in [4.69, 9.17) is 16.6 Å². The molecule has 1 amide bonds. The van der Waals surface area contributed by atoms with Gasteiger partial charge in [0, 0.05) is 16.7 Å². The average Bonchev–Trinajstić information content (AvgIpc) is 3.14. The second-order valence-corrected chi connectivity index (χ2v) is 6.53. The third kappa shape index (κ3) is 4.54. The first-order valence-electron chi connectivity index (χ1n) is 7.51. The molecule has 0 unspecified atom stereocenters. The van der Waals surface area contributed by atoms with Crippen LogP contribution in [0.25, 0.3) is 11.3 Å². The minimum absolute atomic E-state index is 0.0314. The van der Waals surface area contributed by atoms with E-state index in [0.29, 0.717) is 5.82 Å². The number of nitrogens with one attached hydrogen (secondary N) is 2. The first-order valence-corrected chi connectivity index (χ1v) is 8.71. The second-order valence-electron chi connectivity index (χ2n) is 5.21. The Balaban J connectivity index is 1.71. The number of carbonyl (C=O) groups is 1. The van der Waals surface area contributed by atoms with Crippen molar-refractivity contribution in [1.29, 1.82) is 0 Å². The van der Waals surface area contributed by atoms with Crippen LogP contribution < -0.4 is 10.6 Å². The number of pyridine rings is 1. The summed E-state index contributed by atoms with van der Waals surface area (Å²) in [5.74, 6) is 0.0509. The van der Waals surface area contributed by atoms with Crippen molar-refractivity contribution in [2.24, 2.45) is 0 Å². The van der Waals surface area contributed by atoms with Crippen LogP contribution in [0.5, 0.6) is 0 Å². The molecule has 0 atom stereocenters. The van der Waals surface area contributed by atoms with E-state index in [9.17, 15) is 14.9 Å². The van der Waals surface area contributed by atoms with Crippen molar-refractivity contribution < 1.29 is 14.1 Å². The summed E-state index contributed by atoms with van der Waals surface area (Å²) >= 11 is 8.35. The SMILES string of the molecule is O=C(NC(=S)Nc1ccc(Br)cn1)c1ccc(-c2ccccc2[N+](=O)[O-])o1. The van der Waals surface area contributed by atoms with Gasteiger partial charge in [0.05, 0.1) is 10.5 Å². The molecule has 0 saturated carbocycles. The van der Waals surface area contributed by atoms with Gasteiger partial charge in [0.1, 0.15) is 11.6 Å². The number of hydrogen-bond donors (Lipinski definition) is 2. The second kappa shape index (κ2) is 8.06. The molecule has 2 aromatic heterocycles. The van der Waals surface area contributed by atoms with Crippen molar-refractivity contribution in [2.75, 3.05) is 5.32 Å². The summed E-state index contributed by atoms with van der Waals surface area (Å²) < 4.78 is 6.27. The van der Waals surface area contributed by atoms with E-state index in [1.807, 2.05) is 0 Å². The Kier molecular flexibility index (Phi) is 5.57. The van der Waals surface area contributed by atoms with Crippen LogP contribution in [-0.2, 0) is 0 Å². The summed E-state index contributed by atoms with van der Waals surface area (Å²) in [6, 6.07) is 12.5. The number of nitrogens with zero attached hydrogens (tertiary/aromatic N) is 2. The van der Waals surface area contributed by atoms with Gasteiger partial charge in [-0.15, -0.1) is 0 Å². The fourth-order valence-corrected chi connectivity index (χ4v) is 2.64. The van der Waals surface area contributed by atoms with E-state index in [1.165, 1.54) is 18.2 Å². The molecular formula is C17H11BrN4O4S. The van der Waals surface area contributed by atoms with Crippen LogP contribution in [0.2, 0.25) is 0 Å². The Labute approximate surface area is 166 Å². The van der Waals surface area contributed by atoms with Crippen molar-refractivity contribution >= 4 is 50.7 Å². The topological polar surface area (TPSA) is 110 Å². The van der Waals surface area contributed by atoms with Gasteiger partial charge in [0.2, 0.25) is 0 Å². The number of furan rings is 1. The Morgan fingerprint density at radius 3 is 2.67 bits per heavy atom. The predicted octanol–water partition coefficient (Wildman–Crippen LogP) is 4.14. The maximum atomic E-state index is 12.3. The van der Waals surface area contributed by atoms with Gasteiger partial charge in [-0.1, -0.05) is 12.1 Å². The number of halogens is 1. The van der Waals surface area contributed by atoms with E-state index < -0.39 is 10.8 Å². The van der Waals surface area contributed by atoms with Crippen LogP contribution in [0.1, 0.15) is 10.6 Å². The maximum Gasteiger partial charge on any atom is 0.293 e. The molecule has 0 saturated heterocycles. The van der Waals surface area contributed by atoms with E-state index in [1.54, 1.807) is 36.5 Å². The summed E-state index contributed by atoms with van der Waals surface area (Å²) in [5.41, 5.74) is 0.165. The van der Waals surface area contributed by atoms with Gasteiger partial charge in [-0.3, -0.25) is 20.2 Å². The minimum Gasteiger partial charge on any atom is -0.451 e. The zero-order valence-electron chi connectivity index (χ0n) is 13.5. The number of nitro groups is 1. The summed E-state index contributed by atoms with van der Waals surface area (Å²) in [4.78, 5) is 27.0. The van der Waals surface area contributed by atoms with Crippen LogP contribution in [0.15, 0.2) is 63.6 Å². The Bertz CT molecular complexity index is 1020. The molecule has 0 aliphatic rings. The molecule has 0 radical (unpaired) electrons. The number of thiocarbonyl (C=S) groups is 1. The number of aromatic nitrogens is 1. The first-order chi connectivity index (χ1) is 12.9. The van der Waals surface area contributed by atoms with Gasteiger partial charge in [0.15, 0.2) is 10.9 Å². The molecule has 27 heavy (non-hydrogen) atoms. The Morgan fingerprint density at radius 2 is 1.96 bits per heavy atom. The Morgan fingerprint density at radius 1 is 1.19 bits per heavy atom. The predicted molar refractivity (Wildman–Crippen MR) is 106 cm³/mol. The fraction of sp³-hybridized carbons (Fsp3) is 0. The molecule has 0 fully saturated rings. The Hall–Kier alpha value is -3.11. The third-order valence-corrected chi connectivity index (χ3v) is 4.07. The van der Waals surface area contributed by atoms with E-state index in [0.717, 1.165) is 4.47 Å². The van der Waals surface area contributed by atoms with Crippen LogP contribution in [0.3, 0.4) is 0 Å². The molecular weight excluding hydrogens is 436 g/mol. The number of amides is 1.